The lowest BCUT2D eigenvalue weighted by molar-refractivity contribution is 0.0513. The van der Waals surface area contributed by atoms with Gasteiger partial charge in [-0.1, -0.05) is 0 Å². The zero-order chi connectivity index (χ0) is 11.3. The fraction of sp³-hybridized carbons (Fsp3) is 0.545. The van der Waals surface area contributed by atoms with Gasteiger partial charge in [-0.3, -0.25) is 0 Å². The molecule has 4 heteroatoms. The summed E-state index contributed by atoms with van der Waals surface area (Å²) in [5.74, 6) is 0.779. The lowest BCUT2D eigenvalue weighted by Crippen LogP contribution is -2.14. The first-order valence-corrected chi connectivity index (χ1v) is 6.41. The minimum Gasteiger partial charge on any atom is -0.461 e. The SMILES string of the molecule is CCOC(=O)c1c(C)ccn1CCSC. The predicted molar refractivity (Wildman–Crippen MR) is 63.5 cm³/mol. The minimum absolute atomic E-state index is 0.221. The molecule has 0 aliphatic heterocycles. The number of aryl methyl sites for hydroxylation is 2. The van der Waals surface area contributed by atoms with Crippen molar-refractivity contribution in [2.45, 2.75) is 20.4 Å². The van der Waals surface area contributed by atoms with Crippen molar-refractivity contribution in [2.24, 2.45) is 0 Å². The van der Waals surface area contributed by atoms with E-state index in [1.165, 1.54) is 0 Å². The number of esters is 1. The second-order valence-electron chi connectivity index (χ2n) is 3.25. The van der Waals surface area contributed by atoms with Crippen molar-refractivity contribution in [3.05, 3.63) is 23.5 Å². The molecule has 0 saturated carbocycles. The van der Waals surface area contributed by atoms with Crippen molar-refractivity contribution in [1.29, 1.82) is 0 Å². The van der Waals surface area contributed by atoms with Crippen LogP contribution >= 0.6 is 11.8 Å². The second-order valence-corrected chi connectivity index (χ2v) is 4.24. The molecular formula is C11H17NO2S. The van der Waals surface area contributed by atoms with E-state index in [0.717, 1.165) is 17.9 Å². The number of nitrogens with zero attached hydrogens (tertiary/aromatic N) is 1. The van der Waals surface area contributed by atoms with E-state index in [1.54, 1.807) is 11.8 Å². The number of carbonyl (C=O) groups excluding carboxylic acids is 1. The molecule has 0 aliphatic carbocycles. The Morgan fingerprint density at radius 2 is 2.33 bits per heavy atom. The maximum atomic E-state index is 11.7. The highest BCUT2D eigenvalue weighted by Gasteiger charge is 2.14. The average Bonchev–Trinajstić information content (AvgIpc) is 2.57. The third-order valence-electron chi connectivity index (χ3n) is 2.17. The highest BCUT2D eigenvalue weighted by molar-refractivity contribution is 7.98. The van der Waals surface area contributed by atoms with Crippen LogP contribution in [0.3, 0.4) is 0 Å². The van der Waals surface area contributed by atoms with Crippen LogP contribution in [0.4, 0.5) is 0 Å². The van der Waals surface area contributed by atoms with Crippen LogP contribution in [0.5, 0.6) is 0 Å². The molecular weight excluding hydrogens is 210 g/mol. The lowest BCUT2D eigenvalue weighted by atomic mass is 10.3. The van der Waals surface area contributed by atoms with Gasteiger partial charge >= 0.3 is 5.97 Å². The molecule has 0 aromatic carbocycles. The van der Waals surface area contributed by atoms with E-state index in [2.05, 4.69) is 6.26 Å². The first-order chi connectivity index (χ1) is 7.20. The van der Waals surface area contributed by atoms with Crippen molar-refractivity contribution >= 4 is 17.7 Å². The van der Waals surface area contributed by atoms with Gasteiger partial charge in [0.2, 0.25) is 0 Å². The molecule has 0 spiro atoms. The molecule has 0 bridgehead atoms. The molecule has 0 amide bonds. The summed E-state index contributed by atoms with van der Waals surface area (Å²) in [7, 11) is 0. The molecule has 0 N–H and O–H groups in total. The number of thioether (sulfide) groups is 1. The predicted octanol–water partition coefficient (Wildman–Crippen LogP) is 2.34. The molecule has 0 atom stereocenters. The zero-order valence-electron chi connectivity index (χ0n) is 9.45. The largest absolute Gasteiger partial charge is 0.461 e. The van der Waals surface area contributed by atoms with E-state index in [9.17, 15) is 4.79 Å². The Kier molecular flexibility index (Phi) is 4.75. The van der Waals surface area contributed by atoms with Crippen LogP contribution in [0.2, 0.25) is 0 Å². The van der Waals surface area contributed by atoms with Crippen LogP contribution in [0.1, 0.15) is 23.0 Å². The third kappa shape index (κ3) is 3.02. The van der Waals surface area contributed by atoms with Crippen LogP contribution in [0.25, 0.3) is 0 Å². The fourth-order valence-corrected chi connectivity index (χ4v) is 1.81. The average molecular weight is 227 g/mol. The molecule has 0 aliphatic rings. The summed E-state index contributed by atoms with van der Waals surface area (Å²) in [5, 5.41) is 0. The van der Waals surface area contributed by atoms with Crippen LogP contribution in [-0.4, -0.2) is 29.2 Å². The topological polar surface area (TPSA) is 31.2 Å². The summed E-state index contributed by atoms with van der Waals surface area (Å²) < 4.78 is 6.98. The number of hydrogen-bond donors (Lipinski definition) is 0. The van der Waals surface area contributed by atoms with Crippen molar-refractivity contribution in [3.63, 3.8) is 0 Å². The normalized spacial score (nSPS) is 10.3. The maximum Gasteiger partial charge on any atom is 0.355 e. The molecule has 15 heavy (non-hydrogen) atoms. The Hall–Kier alpha value is -0.900. The van der Waals surface area contributed by atoms with Crippen molar-refractivity contribution < 1.29 is 9.53 Å². The number of carbonyl (C=O) groups is 1. The van der Waals surface area contributed by atoms with Gasteiger partial charge in [0.15, 0.2) is 0 Å². The minimum atomic E-state index is -0.221. The monoisotopic (exact) mass is 227 g/mol. The molecule has 0 radical (unpaired) electrons. The molecule has 0 unspecified atom stereocenters. The molecule has 1 aromatic heterocycles. The van der Waals surface area contributed by atoms with E-state index in [0.29, 0.717) is 12.3 Å². The highest BCUT2D eigenvalue weighted by Crippen LogP contribution is 2.12. The third-order valence-corrected chi connectivity index (χ3v) is 2.76. The van der Waals surface area contributed by atoms with Gasteiger partial charge in [-0.25, -0.2) is 4.79 Å². The summed E-state index contributed by atoms with van der Waals surface area (Å²) in [5.41, 5.74) is 1.67. The highest BCUT2D eigenvalue weighted by atomic mass is 32.2. The molecule has 0 saturated heterocycles. The van der Waals surface area contributed by atoms with Crippen LogP contribution in [0.15, 0.2) is 12.3 Å². The Bertz CT molecular complexity index is 333. The Morgan fingerprint density at radius 3 is 2.93 bits per heavy atom. The van der Waals surface area contributed by atoms with Crippen LogP contribution in [0, 0.1) is 6.92 Å². The number of rotatable bonds is 5. The first-order valence-electron chi connectivity index (χ1n) is 5.02. The van der Waals surface area contributed by atoms with Gasteiger partial charge < -0.3 is 9.30 Å². The lowest BCUT2D eigenvalue weighted by Gasteiger charge is -2.08. The van der Waals surface area contributed by atoms with E-state index in [4.69, 9.17) is 4.74 Å². The smallest absolute Gasteiger partial charge is 0.355 e. The second kappa shape index (κ2) is 5.85. The van der Waals surface area contributed by atoms with Gasteiger partial charge in [-0.15, -0.1) is 0 Å². The van der Waals surface area contributed by atoms with Crippen molar-refractivity contribution in [3.8, 4) is 0 Å². The van der Waals surface area contributed by atoms with Crippen LogP contribution in [-0.2, 0) is 11.3 Å². The van der Waals surface area contributed by atoms with Gasteiger partial charge in [0.05, 0.1) is 6.61 Å². The van der Waals surface area contributed by atoms with Gasteiger partial charge in [-0.05, 0) is 31.7 Å². The standard InChI is InChI=1S/C11H17NO2S/c1-4-14-11(13)10-9(2)5-6-12(10)7-8-15-3/h5-6H,4,7-8H2,1-3H3. The summed E-state index contributed by atoms with van der Waals surface area (Å²) in [4.78, 5) is 11.7. The fourth-order valence-electron chi connectivity index (χ4n) is 1.44. The van der Waals surface area contributed by atoms with Gasteiger partial charge in [0.1, 0.15) is 5.69 Å². The molecule has 0 fully saturated rings. The Balaban J connectivity index is 2.83. The first kappa shape index (κ1) is 12.2. The van der Waals surface area contributed by atoms with Gasteiger partial charge in [0, 0.05) is 18.5 Å². The van der Waals surface area contributed by atoms with E-state index >= 15 is 0 Å². The zero-order valence-corrected chi connectivity index (χ0v) is 10.3. The van der Waals surface area contributed by atoms with E-state index in [1.807, 2.05) is 30.7 Å². The van der Waals surface area contributed by atoms with Crippen molar-refractivity contribution in [2.75, 3.05) is 18.6 Å². The van der Waals surface area contributed by atoms with E-state index < -0.39 is 0 Å². The summed E-state index contributed by atoms with van der Waals surface area (Å²) in [6.45, 7) is 5.03. The maximum absolute atomic E-state index is 11.7. The van der Waals surface area contributed by atoms with Crippen LogP contribution < -0.4 is 0 Å². The van der Waals surface area contributed by atoms with Crippen molar-refractivity contribution in [1.82, 2.24) is 4.57 Å². The molecule has 1 aromatic rings. The quantitative estimate of drug-likeness (QED) is 0.723. The Morgan fingerprint density at radius 1 is 1.60 bits per heavy atom. The van der Waals surface area contributed by atoms with E-state index in [-0.39, 0.29) is 5.97 Å². The number of ether oxygens (including phenoxy) is 1. The summed E-state index contributed by atoms with van der Waals surface area (Å²) in [6, 6.07) is 1.95. The molecule has 1 rings (SSSR count). The van der Waals surface area contributed by atoms with Gasteiger partial charge in [0.25, 0.3) is 0 Å². The summed E-state index contributed by atoms with van der Waals surface area (Å²) in [6.07, 6.45) is 4.00. The summed E-state index contributed by atoms with van der Waals surface area (Å²) >= 11 is 1.77. The van der Waals surface area contributed by atoms with Gasteiger partial charge in [-0.2, -0.15) is 11.8 Å². The molecule has 1 heterocycles. The molecule has 3 nitrogen and oxygen atoms in total. The molecule has 84 valence electrons. The number of aromatic nitrogens is 1. The Labute approximate surface area is 94.8 Å². The number of hydrogen-bond acceptors (Lipinski definition) is 3.